The first-order valence-corrected chi connectivity index (χ1v) is 5.19. The highest BCUT2D eigenvalue weighted by molar-refractivity contribution is 5.87. The van der Waals surface area contributed by atoms with Gasteiger partial charge in [-0.15, -0.1) is 0 Å². The lowest BCUT2D eigenvalue weighted by molar-refractivity contribution is 0.0480. The third-order valence-electron chi connectivity index (χ3n) is 2.95. The maximum atomic E-state index is 10.00. The summed E-state index contributed by atoms with van der Waals surface area (Å²) in [5.41, 5.74) is 2.54. The van der Waals surface area contributed by atoms with Crippen molar-refractivity contribution in [3.8, 4) is 0 Å². The smallest absolute Gasteiger partial charge is 0.110 e. The molecule has 2 atom stereocenters. The number of hydrogen-bond acceptors (Lipinski definition) is 3. The Kier molecular flexibility index (Phi) is 2.02. The van der Waals surface area contributed by atoms with E-state index in [-0.39, 0.29) is 0 Å². The van der Waals surface area contributed by atoms with E-state index in [4.69, 9.17) is 0 Å². The minimum atomic E-state index is -0.868. The number of aromatic nitrogens is 1. The summed E-state index contributed by atoms with van der Waals surface area (Å²) in [6.45, 7) is 0. The Hall–Kier alpha value is -1.71. The van der Waals surface area contributed by atoms with Crippen molar-refractivity contribution >= 4 is 17.0 Å². The van der Waals surface area contributed by atoms with Gasteiger partial charge in [-0.3, -0.25) is 4.98 Å². The maximum absolute atomic E-state index is 10.00. The zero-order chi connectivity index (χ0) is 11.1. The minimum absolute atomic E-state index is 0.764. The van der Waals surface area contributed by atoms with Gasteiger partial charge in [-0.25, -0.2) is 0 Å². The molecule has 1 heterocycles. The summed E-state index contributed by atoms with van der Waals surface area (Å²) in [7, 11) is 0. The molecule has 1 aliphatic rings. The Morgan fingerprint density at radius 1 is 1.12 bits per heavy atom. The molecule has 0 aliphatic heterocycles. The number of fused-ring (bicyclic) bond motifs is 3. The van der Waals surface area contributed by atoms with Crippen molar-refractivity contribution in [2.45, 2.75) is 12.2 Å². The molecule has 1 aromatic carbocycles. The Balaban J connectivity index is 2.37. The predicted octanol–water partition coefficient (Wildman–Crippen LogP) is 1.66. The highest BCUT2D eigenvalue weighted by Gasteiger charge is 2.24. The molecule has 1 aliphatic carbocycles. The summed E-state index contributed by atoms with van der Waals surface area (Å²) in [5.74, 6) is 0. The summed E-state index contributed by atoms with van der Waals surface area (Å²) < 4.78 is 0. The van der Waals surface area contributed by atoms with Gasteiger partial charge in [0.15, 0.2) is 0 Å². The summed E-state index contributed by atoms with van der Waals surface area (Å²) >= 11 is 0. The van der Waals surface area contributed by atoms with Gasteiger partial charge in [0.05, 0.1) is 5.52 Å². The van der Waals surface area contributed by atoms with Crippen molar-refractivity contribution in [3.63, 3.8) is 0 Å². The average molecular weight is 213 g/mol. The highest BCUT2D eigenvalue weighted by Crippen LogP contribution is 2.33. The Bertz CT molecular complexity index is 577. The van der Waals surface area contributed by atoms with Crippen LogP contribution in [0.25, 0.3) is 17.0 Å². The molecule has 3 heteroatoms. The quantitative estimate of drug-likeness (QED) is 0.699. The average Bonchev–Trinajstić information content (AvgIpc) is 2.33. The fraction of sp³-hybridized carbons (Fsp3) is 0.154. The first-order valence-electron chi connectivity index (χ1n) is 5.19. The number of hydrogen-bond donors (Lipinski definition) is 2. The second-order valence-corrected chi connectivity index (χ2v) is 3.93. The van der Waals surface area contributed by atoms with Crippen LogP contribution in [-0.2, 0) is 0 Å². The van der Waals surface area contributed by atoms with Crippen LogP contribution in [0.4, 0.5) is 0 Å². The van der Waals surface area contributed by atoms with Crippen LogP contribution >= 0.6 is 0 Å². The summed E-state index contributed by atoms with van der Waals surface area (Å²) in [4.78, 5) is 4.23. The Morgan fingerprint density at radius 3 is 2.88 bits per heavy atom. The summed E-state index contributed by atoms with van der Waals surface area (Å²) in [5, 5.41) is 20.5. The van der Waals surface area contributed by atoms with Crippen LogP contribution in [0.15, 0.2) is 36.5 Å². The van der Waals surface area contributed by atoms with Crippen molar-refractivity contribution in [1.82, 2.24) is 4.98 Å². The summed E-state index contributed by atoms with van der Waals surface area (Å²) in [6, 6.07) is 7.58. The van der Waals surface area contributed by atoms with Gasteiger partial charge in [0.2, 0.25) is 0 Å². The largest absolute Gasteiger partial charge is 0.386 e. The fourth-order valence-corrected chi connectivity index (χ4v) is 2.15. The number of pyridine rings is 1. The number of nitrogens with zero attached hydrogens (tertiary/aromatic N) is 1. The van der Waals surface area contributed by atoms with Crippen molar-refractivity contribution in [2.24, 2.45) is 0 Å². The lowest BCUT2D eigenvalue weighted by Crippen LogP contribution is -2.19. The van der Waals surface area contributed by atoms with E-state index in [1.165, 1.54) is 0 Å². The predicted molar refractivity (Wildman–Crippen MR) is 61.7 cm³/mol. The molecule has 16 heavy (non-hydrogen) atoms. The molecule has 2 aromatic rings. The number of aliphatic hydroxyl groups is 2. The van der Waals surface area contributed by atoms with Crippen molar-refractivity contribution in [3.05, 3.63) is 47.7 Å². The first kappa shape index (κ1) is 9.51. The molecule has 3 nitrogen and oxygen atoms in total. The molecule has 3 rings (SSSR count). The van der Waals surface area contributed by atoms with Crippen molar-refractivity contribution in [2.75, 3.05) is 0 Å². The van der Waals surface area contributed by atoms with Gasteiger partial charge >= 0.3 is 0 Å². The van der Waals surface area contributed by atoms with E-state index < -0.39 is 12.2 Å². The lowest BCUT2D eigenvalue weighted by Gasteiger charge is -2.23. The van der Waals surface area contributed by atoms with Crippen LogP contribution in [0, 0.1) is 0 Å². The number of rotatable bonds is 0. The molecular formula is C13H11NO2. The van der Waals surface area contributed by atoms with Gasteiger partial charge in [-0.2, -0.15) is 0 Å². The third kappa shape index (κ3) is 1.26. The Labute approximate surface area is 92.7 Å². The van der Waals surface area contributed by atoms with Crippen LogP contribution in [0.2, 0.25) is 0 Å². The van der Waals surface area contributed by atoms with Gasteiger partial charge in [-0.1, -0.05) is 24.3 Å². The maximum Gasteiger partial charge on any atom is 0.110 e. The molecule has 1 aromatic heterocycles. The number of benzene rings is 1. The van der Waals surface area contributed by atoms with E-state index in [1.807, 2.05) is 30.3 Å². The summed E-state index contributed by atoms with van der Waals surface area (Å²) in [6.07, 6.45) is 3.45. The van der Waals surface area contributed by atoms with Crippen molar-refractivity contribution in [1.29, 1.82) is 0 Å². The fourth-order valence-electron chi connectivity index (χ4n) is 2.15. The molecular weight excluding hydrogens is 202 g/mol. The SMILES string of the molecule is O[C@@H]1c2c(ccc3ncccc23)C=C[C@@H]1O. The molecule has 0 bridgehead atoms. The van der Waals surface area contributed by atoms with E-state index in [0.717, 1.165) is 22.0 Å². The topological polar surface area (TPSA) is 53.4 Å². The molecule has 0 saturated carbocycles. The van der Waals surface area contributed by atoms with Gasteiger partial charge in [0, 0.05) is 17.1 Å². The van der Waals surface area contributed by atoms with Crippen LogP contribution in [0.5, 0.6) is 0 Å². The van der Waals surface area contributed by atoms with E-state index in [9.17, 15) is 10.2 Å². The minimum Gasteiger partial charge on any atom is -0.386 e. The second kappa shape index (κ2) is 3.40. The van der Waals surface area contributed by atoms with Crippen LogP contribution in [0.3, 0.4) is 0 Å². The van der Waals surface area contributed by atoms with E-state index >= 15 is 0 Å². The van der Waals surface area contributed by atoms with E-state index in [0.29, 0.717) is 0 Å². The van der Waals surface area contributed by atoms with Crippen LogP contribution in [0.1, 0.15) is 17.2 Å². The van der Waals surface area contributed by atoms with Crippen LogP contribution < -0.4 is 0 Å². The van der Waals surface area contributed by atoms with E-state index in [1.54, 1.807) is 12.3 Å². The zero-order valence-electron chi connectivity index (χ0n) is 8.54. The lowest BCUT2D eigenvalue weighted by atomic mass is 9.90. The molecule has 0 radical (unpaired) electrons. The van der Waals surface area contributed by atoms with Gasteiger partial charge in [-0.05, 0) is 17.7 Å². The molecule has 0 fully saturated rings. The third-order valence-corrected chi connectivity index (χ3v) is 2.95. The zero-order valence-corrected chi connectivity index (χ0v) is 8.54. The Morgan fingerprint density at radius 2 is 2.00 bits per heavy atom. The van der Waals surface area contributed by atoms with Crippen LogP contribution in [-0.4, -0.2) is 21.3 Å². The standard InChI is InChI=1S/C13H11NO2/c15-11-6-4-8-3-5-10-9(2-1-7-14-10)12(8)13(11)16/h1-7,11,13,15-16H/t11-,13-/m0/s1. The molecule has 2 N–H and O–H groups in total. The number of aliphatic hydroxyl groups excluding tert-OH is 2. The van der Waals surface area contributed by atoms with Crippen molar-refractivity contribution < 1.29 is 10.2 Å². The molecule has 0 saturated heterocycles. The van der Waals surface area contributed by atoms with Gasteiger partial charge in [0.1, 0.15) is 12.2 Å². The van der Waals surface area contributed by atoms with Gasteiger partial charge in [0.25, 0.3) is 0 Å². The van der Waals surface area contributed by atoms with Gasteiger partial charge < -0.3 is 10.2 Å². The molecule has 0 unspecified atom stereocenters. The molecule has 0 spiro atoms. The molecule has 0 amide bonds. The first-order chi connectivity index (χ1) is 7.77. The van der Waals surface area contributed by atoms with E-state index in [2.05, 4.69) is 4.98 Å². The normalized spacial score (nSPS) is 23.4. The highest BCUT2D eigenvalue weighted by atomic mass is 16.3. The second-order valence-electron chi connectivity index (χ2n) is 3.93. The monoisotopic (exact) mass is 213 g/mol. The molecule has 80 valence electrons.